The van der Waals surface area contributed by atoms with Gasteiger partial charge in [0.25, 0.3) is 0 Å². The second-order valence-electron chi connectivity index (χ2n) is 15.6. The van der Waals surface area contributed by atoms with Gasteiger partial charge in [0.05, 0.1) is 31.8 Å². The van der Waals surface area contributed by atoms with Crippen LogP contribution in [-0.4, -0.2) is 55.0 Å². The van der Waals surface area contributed by atoms with E-state index in [1.165, 1.54) is 103 Å². The number of hydrogen-bond donors (Lipinski definition) is 1. The lowest BCUT2D eigenvalue weighted by Crippen LogP contribution is -2.27. The highest BCUT2D eigenvalue weighted by molar-refractivity contribution is 5.72. The van der Waals surface area contributed by atoms with Crippen molar-refractivity contribution < 1.29 is 24.2 Å². The minimum atomic E-state index is 0.0372. The highest BCUT2D eigenvalue weighted by atomic mass is 16.5. The summed E-state index contributed by atoms with van der Waals surface area (Å²) in [7, 11) is 0. The number of nitrogens with zero attached hydrogens (tertiary/aromatic N) is 1. The first-order valence-corrected chi connectivity index (χ1v) is 22.7. The van der Waals surface area contributed by atoms with Gasteiger partial charge in [0.15, 0.2) is 0 Å². The van der Waals surface area contributed by atoms with Crippen molar-refractivity contribution in [3.05, 3.63) is 0 Å². The third kappa shape index (κ3) is 33.2. The molecule has 6 nitrogen and oxygen atoms in total. The van der Waals surface area contributed by atoms with Crippen molar-refractivity contribution in [1.29, 1.82) is 0 Å². The number of rotatable bonds is 41. The summed E-state index contributed by atoms with van der Waals surface area (Å²) in [5.41, 5.74) is 0. The van der Waals surface area contributed by atoms with Gasteiger partial charge in [0.2, 0.25) is 0 Å². The van der Waals surface area contributed by atoms with Crippen LogP contribution in [0.15, 0.2) is 0 Å². The molecule has 0 radical (unpaired) electrons. The minimum Gasteiger partial charge on any atom is -0.465 e. The predicted molar refractivity (Wildman–Crippen MR) is 218 cm³/mol. The largest absolute Gasteiger partial charge is 0.465 e. The maximum Gasteiger partial charge on any atom is 0.308 e. The first kappa shape index (κ1) is 49.9. The summed E-state index contributed by atoms with van der Waals surface area (Å²) in [6, 6.07) is 0. The minimum absolute atomic E-state index is 0.0372. The highest BCUT2D eigenvalue weighted by Crippen LogP contribution is 2.22. The van der Waals surface area contributed by atoms with Gasteiger partial charge in [-0.05, 0) is 51.4 Å². The van der Waals surface area contributed by atoms with Gasteiger partial charge in [-0.15, -0.1) is 0 Å². The molecular weight excluding hydrogens is 634 g/mol. The number of esters is 2. The van der Waals surface area contributed by atoms with Gasteiger partial charge in [-0.3, -0.25) is 14.5 Å². The van der Waals surface area contributed by atoms with E-state index in [1.54, 1.807) is 0 Å². The first-order valence-electron chi connectivity index (χ1n) is 22.7. The van der Waals surface area contributed by atoms with Gasteiger partial charge in [0.1, 0.15) is 0 Å². The van der Waals surface area contributed by atoms with Crippen molar-refractivity contribution >= 4 is 11.9 Å². The summed E-state index contributed by atoms with van der Waals surface area (Å²) in [4.78, 5) is 27.9. The Kier molecular flexibility index (Phi) is 39.2. The second-order valence-corrected chi connectivity index (χ2v) is 15.6. The van der Waals surface area contributed by atoms with Gasteiger partial charge < -0.3 is 14.6 Å². The Hall–Kier alpha value is -1.14. The molecule has 0 aromatic carbocycles. The summed E-state index contributed by atoms with van der Waals surface area (Å²) in [5, 5.41) is 9.86. The van der Waals surface area contributed by atoms with Gasteiger partial charge in [-0.2, -0.15) is 0 Å². The van der Waals surface area contributed by atoms with E-state index < -0.39 is 0 Å². The van der Waals surface area contributed by atoms with Crippen LogP contribution in [0.2, 0.25) is 0 Å². The zero-order valence-electron chi connectivity index (χ0n) is 34.8. The lowest BCUT2D eigenvalue weighted by atomic mass is 9.94. The molecule has 0 aromatic heterocycles. The summed E-state index contributed by atoms with van der Waals surface area (Å²) >= 11 is 0. The lowest BCUT2D eigenvalue weighted by Gasteiger charge is -2.19. The van der Waals surface area contributed by atoms with E-state index in [9.17, 15) is 14.7 Å². The van der Waals surface area contributed by atoms with Crippen LogP contribution in [0.3, 0.4) is 0 Å². The van der Waals surface area contributed by atoms with Crippen LogP contribution in [-0.2, 0) is 19.1 Å². The van der Waals surface area contributed by atoms with Crippen LogP contribution in [0.25, 0.3) is 0 Å². The molecule has 0 bridgehead atoms. The molecule has 0 heterocycles. The van der Waals surface area contributed by atoms with Gasteiger partial charge >= 0.3 is 11.9 Å². The maximum absolute atomic E-state index is 12.9. The Bertz CT molecular complexity index is 673. The highest BCUT2D eigenvalue weighted by Gasteiger charge is 2.20. The Labute approximate surface area is 318 Å². The Balaban J connectivity index is 4.10. The van der Waals surface area contributed by atoms with Gasteiger partial charge in [0, 0.05) is 13.1 Å². The molecule has 0 saturated carbocycles. The van der Waals surface area contributed by atoms with E-state index in [0.717, 1.165) is 116 Å². The molecule has 0 rings (SSSR count). The van der Waals surface area contributed by atoms with Crippen molar-refractivity contribution in [3.8, 4) is 0 Å². The number of carbonyl (C=O) groups excluding carboxylic acids is 2. The number of ether oxygens (including phenoxy) is 2. The molecule has 2 unspecified atom stereocenters. The molecule has 1 N–H and O–H groups in total. The van der Waals surface area contributed by atoms with Crippen molar-refractivity contribution in [2.24, 2.45) is 11.8 Å². The molecule has 0 spiro atoms. The SMILES string of the molecule is CCCCCCCCC(CCCCCC)C(=O)OCCCCCCN(CO)CCCCCCOC(=O)C(CCCCCC)CCCCCCCC. The molecule has 0 fully saturated rings. The molecule has 51 heavy (non-hydrogen) atoms. The summed E-state index contributed by atoms with van der Waals surface area (Å²) < 4.78 is 11.5. The number of aliphatic hydroxyl groups excluding tert-OH is 1. The third-order valence-electron chi connectivity index (χ3n) is 10.7. The summed E-state index contributed by atoms with van der Waals surface area (Å²) in [6.45, 7) is 12.0. The Morgan fingerprint density at radius 2 is 0.686 bits per heavy atom. The van der Waals surface area contributed by atoms with E-state index in [4.69, 9.17) is 9.47 Å². The molecule has 304 valence electrons. The van der Waals surface area contributed by atoms with Crippen LogP contribution in [0, 0.1) is 11.8 Å². The molecule has 2 atom stereocenters. The molecule has 0 aliphatic carbocycles. The normalized spacial score (nSPS) is 12.7. The average molecular weight is 724 g/mol. The van der Waals surface area contributed by atoms with Crippen LogP contribution in [0.5, 0.6) is 0 Å². The van der Waals surface area contributed by atoms with Crippen molar-refractivity contribution in [2.75, 3.05) is 33.0 Å². The van der Waals surface area contributed by atoms with Crippen LogP contribution in [0.4, 0.5) is 0 Å². The van der Waals surface area contributed by atoms with Crippen molar-refractivity contribution in [3.63, 3.8) is 0 Å². The van der Waals surface area contributed by atoms with Crippen molar-refractivity contribution in [1.82, 2.24) is 4.90 Å². The lowest BCUT2D eigenvalue weighted by molar-refractivity contribution is -0.150. The van der Waals surface area contributed by atoms with E-state index in [-0.39, 0.29) is 30.5 Å². The predicted octanol–water partition coefficient (Wildman–Crippen LogP) is 13.1. The van der Waals surface area contributed by atoms with E-state index in [2.05, 4.69) is 32.6 Å². The quantitative estimate of drug-likeness (QED) is 0.0384. The number of carbonyl (C=O) groups is 2. The summed E-state index contributed by atoms with van der Waals surface area (Å²) in [5.74, 6) is 0.238. The fraction of sp³-hybridized carbons (Fsp3) is 0.956. The topological polar surface area (TPSA) is 76.1 Å². The number of hydrogen-bond acceptors (Lipinski definition) is 6. The van der Waals surface area contributed by atoms with E-state index >= 15 is 0 Å². The van der Waals surface area contributed by atoms with Gasteiger partial charge in [-0.25, -0.2) is 0 Å². The fourth-order valence-corrected chi connectivity index (χ4v) is 7.15. The van der Waals surface area contributed by atoms with Crippen molar-refractivity contribution in [2.45, 2.75) is 233 Å². The maximum atomic E-state index is 12.9. The molecule has 0 amide bonds. The molecule has 0 aliphatic rings. The molecule has 0 aliphatic heterocycles. The monoisotopic (exact) mass is 724 g/mol. The number of aliphatic hydroxyl groups is 1. The standard InChI is InChI=1S/C45H89NO5/c1-5-9-13-17-19-27-35-42(33-25-15-11-7-3)44(48)50-39-31-23-21-29-37-46(41-47)38-30-22-24-32-40-51-45(49)43(34-26-16-12-8-4)36-28-20-18-14-10-6-2/h42-43,47H,5-41H2,1-4H3. The summed E-state index contributed by atoms with van der Waals surface area (Å²) in [6.07, 6.45) is 37.0. The first-order chi connectivity index (χ1) is 25.0. The average Bonchev–Trinajstić information content (AvgIpc) is 3.14. The Morgan fingerprint density at radius 3 is 1.02 bits per heavy atom. The molecule has 0 saturated heterocycles. The molecule has 0 aromatic rings. The van der Waals surface area contributed by atoms with E-state index in [0.29, 0.717) is 13.2 Å². The van der Waals surface area contributed by atoms with Crippen LogP contribution >= 0.6 is 0 Å². The zero-order valence-corrected chi connectivity index (χ0v) is 34.8. The number of unbranched alkanes of at least 4 members (excludes halogenated alkanes) is 22. The molecule has 6 heteroatoms. The van der Waals surface area contributed by atoms with Crippen LogP contribution in [0.1, 0.15) is 233 Å². The fourth-order valence-electron chi connectivity index (χ4n) is 7.15. The van der Waals surface area contributed by atoms with Crippen LogP contribution < -0.4 is 0 Å². The molecular formula is C45H89NO5. The van der Waals surface area contributed by atoms with Gasteiger partial charge in [-0.1, -0.05) is 182 Å². The zero-order chi connectivity index (χ0) is 37.5. The Morgan fingerprint density at radius 1 is 0.412 bits per heavy atom. The van der Waals surface area contributed by atoms with E-state index in [1.807, 2.05) is 0 Å². The second kappa shape index (κ2) is 40.1. The smallest absolute Gasteiger partial charge is 0.308 e. The third-order valence-corrected chi connectivity index (χ3v) is 10.7.